The fraction of sp³-hybridized carbons (Fsp3) is 0.500. The van der Waals surface area contributed by atoms with Gasteiger partial charge >= 0.3 is 0 Å². The van der Waals surface area contributed by atoms with Crippen LogP contribution in [0.25, 0.3) is 0 Å². The third-order valence-corrected chi connectivity index (χ3v) is 2.79. The zero-order chi connectivity index (χ0) is 8.55. The predicted octanol–water partition coefficient (Wildman–Crippen LogP) is 2.49. The summed E-state index contributed by atoms with van der Waals surface area (Å²) in [5.41, 5.74) is 1.43. The van der Waals surface area contributed by atoms with E-state index in [0.717, 1.165) is 12.2 Å². The first-order valence-electron chi connectivity index (χ1n) is 4.36. The highest BCUT2D eigenvalue weighted by Gasteiger charge is 2.28. The minimum absolute atomic E-state index is 0.521. The molecular weight excluding hydrogens is 150 g/mol. The van der Waals surface area contributed by atoms with E-state index >= 15 is 0 Å². The third kappa shape index (κ3) is 1.07. The van der Waals surface area contributed by atoms with Crippen molar-refractivity contribution in [1.82, 2.24) is 0 Å². The van der Waals surface area contributed by atoms with Gasteiger partial charge in [-0.1, -0.05) is 23.7 Å². The largest absolute Gasteiger partial charge is 0.361 e. The fourth-order valence-electron chi connectivity index (χ4n) is 1.73. The molecule has 0 saturated carbocycles. The maximum absolute atomic E-state index is 5.19. The highest BCUT2D eigenvalue weighted by molar-refractivity contribution is 5.59. The number of allylic oxidation sites excluding steroid dienone is 4. The van der Waals surface area contributed by atoms with Crippen molar-refractivity contribution in [3.8, 4) is 0 Å². The molecule has 1 aliphatic heterocycles. The van der Waals surface area contributed by atoms with E-state index in [9.17, 15) is 0 Å². The first-order chi connectivity index (χ1) is 5.79. The molecule has 0 aromatic heterocycles. The number of oxime groups is 1. The van der Waals surface area contributed by atoms with E-state index < -0.39 is 0 Å². The quantitative estimate of drug-likeness (QED) is 0.537. The minimum Gasteiger partial charge on any atom is -0.361 e. The second-order valence-electron chi connectivity index (χ2n) is 3.49. The van der Waals surface area contributed by atoms with E-state index in [0.29, 0.717) is 11.8 Å². The van der Waals surface area contributed by atoms with Gasteiger partial charge in [-0.15, -0.1) is 0 Å². The van der Waals surface area contributed by atoms with Crippen LogP contribution in [0.4, 0.5) is 0 Å². The van der Waals surface area contributed by atoms with Crippen molar-refractivity contribution in [2.24, 2.45) is 17.0 Å². The Hall–Kier alpha value is -1.05. The monoisotopic (exact) mass is 163 g/mol. The molecule has 64 valence electrons. The van der Waals surface area contributed by atoms with Gasteiger partial charge in [0.05, 0.1) is 0 Å². The summed E-state index contributed by atoms with van der Waals surface area (Å²) >= 11 is 0. The zero-order valence-corrected chi connectivity index (χ0v) is 7.45. The molecule has 0 aromatic carbocycles. The Morgan fingerprint density at radius 2 is 2.33 bits per heavy atom. The molecule has 1 aliphatic carbocycles. The fourth-order valence-corrected chi connectivity index (χ4v) is 1.73. The average Bonchev–Trinajstić information content (AvgIpc) is 2.12. The van der Waals surface area contributed by atoms with Crippen molar-refractivity contribution in [2.45, 2.75) is 20.3 Å². The molecule has 2 atom stereocenters. The van der Waals surface area contributed by atoms with E-state index in [1.807, 2.05) is 12.3 Å². The first-order valence-corrected chi connectivity index (χ1v) is 4.36. The Labute approximate surface area is 72.6 Å². The summed E-state index contributed by atoms with van der Waals surface area (Å²) in [6, 6.07) is 0. The van der Waals surface area contributed by atoms with Crippen LogP contribution in [0.5, 0.6) is 0 Å². The van der Waals surface area contributed by atoms with Crippen LogP contribution in [0.1, 0.15) is 20.3 Å². The van der Waals surface area contributed by atoms with Gasteiger partial charge in [-0.2, -0.15) is 0 Å². The van der Waals surface area contributed by atoms with Crippen molar-refractivity contribution in [2.75, 3.05) is 0 Å². The van der Waals surface area contributed by atoms with Gasteiger partial charge in [-0.3, -0.25) is 0 Å². The molecule has 0 N–H and O–H groups in total. The van der Waals surface area contributed by atoms with Gasteiger partial charge < -0.3 is 4.84 Å². The summed E-state index contributed by atoms with van der Waals surface area (Å²) in [5, 5.41) is 3.80. The Morgan fingerprint density at radius 3 is 3.17 bits per heavy atom. The van der Waals surface area contributed by atoms with Gasteiger partial charge in [-0.25, -0.2) is 0 Å². The van der Waals surface area contributed by atoms with Crippen LogP contribution >= 0.6 is 0 Å². The number of hydrogen-bond donors (Lipinski definition) is 0. The lowest BCUT2D eigenvalue weighted by molar-refractivity contribution is 0.159. The van der Waals surface area contributed by atoms with Crippen molar-refractivity contribution in [1.29, 1.82) is 0 Å². The lowest BCUT2D eigenvalue weighted by Gasteiger charge is -2.29. The lowest BCUT2D eigenvalue weighted by Crippen LogP contribution is -2.22. The Balaban J connectivity index is 2.30. The van der Waals surface area contributed by atoms with Gasteiger partial charge in [0.2, 0.25) is 0 Å². The summed E-state index contributed by atoms with van der Waals surface area (Å²) in [6.07, 6.45) is 7.03. The number of hydrogen-bond acceptors (Lipinski definition) is 2. The summed E-state index contributed by atoms with van der Waals surface area (Å²) < 4.78 is 0. The van der Waals surface area contributed by atoms with Gasteiger partial charge in [0, 0.05) is 12.1 Å². The molecule has 2 aliphatic rings. The maximum atomic E-state index is 5.19. The number of rotatable bonds is 0. The molecular formula is C10H13NO. The highest BCUT2D eigenvalue weighted by Crippen LogP contribution is 2.35. The van der Waals surface area contributed by atoms with Crippen LogP contribution in [0.2, 0.25) is 0 Å². The van der Waals surface area contributed by atoms with Gasteiger partial charge in [0.15, 0.2) is 0 Å². The molecule has 0 saturated heterocycles. The second-order valence-corrected chi connectivity index (χ2v) is 3.49. The topological polar surface area (TPSA) is 21.6 Å². The van der Waals surface area contributed by atoms with Crippen molar-refractivity contribution >= 4 is 6.21 Å². The van der Waals surface area contributed by atoms with Crippen LogP contribution in [0.3, 0.4) is 0 Å². The summed E-state index contributed by atoms with van der Waals surface area (Å²) in [5.74, 6) is 2.14. The molecule has 0 aromatic rings. The van der Waals surface area contributed by atoms with Crippen molar-refractivity contribution in [3.63, 3.8) is 0 Å². The Morgan fingerprint density at radius 1 is 1.50 bits per heavy atom. The number of fused-ring (bicyclic) bond motifs is 1. The molecule has 0 amide bonds. The summed E-state index contributed by atoms with van der Waals surface area (Å²) in [7, 11) is 0. The Bertz CT molecular complexity index is 276. The van der Waals surface area contributed by atoms with E-state index in [1.165, 1.54) is 5.57 Å². The highest BCUT2D eigenvalue weighted by atomic mass is 16.6. The molecule has 0 radical (unpaired) electrons. The van der Waals surface area contributed by atoms with Crippen molar-refractivity contribution < 1.29 is 4.84 Å². The van der Waals surface area contributed by atoms with E-state index in [2.05, 4.69) is 25.1 Å². The summed E-state index contributed by atoms with van der Waals surface area (Å²) in [6.45, 7) is 4.41. The molecule has 0 fully saturated rings. The van der Waals surface area contributed by atoms with Gasteiger partial charge in [0.25, 0.3) is 0 Å². The standard InChI is InChI=1S/C10H13NO/c1-7-3-4-10-9(8(7)2)5-6-11-12-10/h3-4,6,8-9H,5H2,1-2H3. The third-order valence-electron chi connectivity index (χ3n) is 2.79. The zero-order valence-electron chi connectivity index (χ0n) is 7.45. The van der Waals surface area contributed by atoms with Crippen LogP contribution in [-0.2, 0) is 4.84 Å². The van der Waals surface area contributed by atoms with Crippen LogP contribution in [0, 0.1) is 11.8 Å². The molecule has 2 unspecified atom stereocenters. The molecule has 2 rings (SSSR count). The van der Waals surface area contributed by atoms with Crippen LogP contribution in [-0.4, -0.2) is 6.21 Å². The smallest absolute Gasteiger partial charge is 0.139 e. The normalized spacial score (nSPS) is 33.2. The SMILES string of the molecule is CC1=CC=C2ON=CCC2C1C. The molecule has 0 spiro atoms. The van der Waals surface area contributed by atoms with E-state index in [-0.39, 0.29) is 0 Å². The minimum atomic E-state index is 0.521. The summed E-state index contributed by atoms with van der Waals surface area (Å²) in [4.78, 5) is 5.19. The molecule has 2 heteroatoms. The predicted molar refractivity (Wildman–Crippen MR) is 48.7 cm³/mol. The molecule has 0 bridgehead atoms. The van der Waals surface area contributed by atoms with Crippen LogP contribution in [0.15, 0.2) is 28.6 Å². The second kappa shape index (κ2) is 2.77. The van der Waals surface area contributed by atoms with Gasteiger partial charge in [0.1, 0.15) is 5.76 Å². The molecule has 2 nitrogen and oxygen atoms in total. The Kier molecular flexibility index (Phi) is 1.75. The van der Waals surface area contributed by atoms with Gasteiger partial charge in [-0.05, 0) is 25.3 Å². The van der Waals surface area contributed by atoms with E-state index in [1.54, 1.807) is 0 Å². The average molecular weight is 163 g/mol. The van der Waals surface area contributed by atoms with E-state index in [4.69, 9.17) is 4.84 Å². The lowest BCUT2D eigenvalue weighted by atomic mass is 9.81. The van der Waals surface area contributed by atoms with Crippen LogP contribution < -0.4 is 0 Å². The first kappa shape index (κ1) is 7.59. The maximum Gasteiger partial charge on any atom is 0.139 e. The molecule has 1 heterocycles. The number of nitrogens with zero attached hydrogens (tertiary/aromatic N) is 1. The van der Waals surface area contributed by atoms with Crippen molar-refractivity contribution in [3.05, 3.63) is 23.5 Å². The molecule has 12 heavy (non-hydrogen) atoms.